The molecule has 17 heavy (non-hydrogen) atoms. The van der Waals surface area contributed by atoms with E-state index >= 15 is 0 Å². The number of carbonyl (C=O) groups is 1. The van der Waals surface area contributed by atoms with E-state index in [0.717, 1.165) is 16.7 Å². The molecule has 0 saturated heterocycles. The van der Waals surface area contributed by atoms with Crippen molar-refractivity contribution in [2.45, 2.75) is 6.92 Å². The molecule has 0 aliphatic heterocycles. The number of thiol groups is 1. The highest BCUT2D eigenvalue weighted by molar-refractivity contribution is 7.81. The smallest absolute Gasteiger partial charge is 0.173 e. The van der Waals surface area contributed by atoms with Crippen molar-refractivity contribution in [3.8, 4) is 11.1 Å². The van der Waals surface area contributed by atoms with Gasteiger partial charge in [-0.25, -0.2) is 0 Å². The van der Waals surface area contributed by atoms with Gasteiger partial charge in [-0.1, -0.05) is 54.1 Å². The Labute approximate surface area is 107 Å². The maximum atomic E-state index is 11.8. The van der Waals surface area contributed by atoms with Gasteiger partial charge in [0.2, 0.25) is 0 Å². The standard InChI is InChI=1S/C15H14OS/c1-11-6-8-12(9-7-11)13-4-2-3-5-14(13)15(16)10-17/h2-9,17H,10H2,1H3. The zero-order chi connectivity index (χ0) is 12.3. The van der Waals surface area contributed by atoms with Crippen molar-refractivity contribution in [1.82, 2.24) is 0 Å². The number of Topliss-reactive ketones (excluding diaryl/α,β-unsaturated/α-hetero) is 1. The number of ketones is 1. The van der Waals surface area contributed by atoms with Crippen LogP contribution in [0.25, 0.3) is 11.1 Å². The van der Waals surface area contributed by atoms with Gasteiger partial charge in [0, 0.05) is 5.56 Å². The summed E-state index contributed by atoms with van der Waals surface area (Å²) in [6.07, 6.45) is 0. The molecule has 0 aromatic heterocycles. The van der Waals surface area contributed by atoms with E-state index in [1.165, 1.54) is 5.56 Å². The van der Waals surface area contributed by atoms with E-state index in [1.807, 2.05) is 36.4 Å². The van der Waals surface area contributed by atoms with Crippen molar-refractivity contribution in [3.63, 3.8) is 0 Å². The molecule has 0 N–H and O–H groups in total. The normalized spacial score (nSPS) is 10.2. The van der Waals surface area contributed by atoms with Crippen LogP contribution in [-0.2, 0) is 0 Å². The van der Waals surface area contributed by atoms with Crippen LogP contribution < -0.4 is 0 Å². The van der Waals surface area contributed by atoms with Gasteiger partial charge in [0.1, 0.15) is 0 Å². The number of rotatable bonds is 3. The van der Waals surface area contributed by atoms with E-state index in [2.05, 4.69) is 31.7 Å². The summed E-state index contributed by atoms with van der Waals surface area (Å²) in [7, 11) is 0. The molecule has 0 heterocycles. The minimum Gasteiger partial charge on any atom is -0.293 e. The maximum absolute atomic E-state index is 11.8. The topological polar surface area (TPSA) is 17.1 Å². The molecule has 0 saturated carbocycles. The Kier molecular flexibility index (Phi) is 3.64. The van der Waals surface area contributed by atoms with E-state index in [4.69, 9.17) is 0 Å². The highest BCUT2D eigenvalue weighted by atomic mass is 32.1. The van der Waals surface area contributed by atoms with Crippen LogP contribution in [0.15, 0.2) is 48.5 Å². The van der Waals surface area contributed by atoms with Crippen molar-refractivity contribution in [2.75, 3.05) is 5.75 Å². The number of hydrogen-bond donors (Lipinski definition) is 1. The molecule has 0 atom stereocenters. The molecular weight excluding hydrogens is 228 g/mol. The lowest BCUT2D eigenvalue weighted by Gasteiger charge is -2.08. The number of benzene rings is 2. The average Bonchev–Trinajstić information content (AvgIpc) is 2.39. The molecule has 2 aromatic carbocycles. The fourth-order valence-corrected chi connectivity index (χ4v) is 1.97. The highest BCUT2D eigenvalue weighted by Crippen LogP contribution is 2.24. The van der Waals surface area contributed by atoms with Gasteiger partial charge in [0.05, 0.1) is 5.75 Å². The largest absolute Gasteiger partial charge is 0.293 e. The molecule has 0 aliphatic carbocycles. The zero-order valence-corrected chi connectivity index (χ0v) is 10.6. The fourth-order valence-electron chi connectivity index (χ4n) is 1.80. The molecule has 0 bridgehead atoms. The molecule has 1 nitrogen and oxygen atoms in total. The molecule has 0 spiro atoms. The molecular formula is C15H14OS. The Hall–Kier alpha value is -1.54. The second-order valence-electron chi connectivity index (χ2n) is 3.99. The first-order chi connectivity index (χ1) is 8.22. The number of carbonyl (C=O) groups excluding carboxylic acids is 1. The minimum atomic E-state index is 0.0597. The first-order valence-corrected chi connectivity index (χ1v) is 6.16. The molecule has 2 heteroatoms. The Morgan fingerprint density at radius 2 is 1.71 bits per heavy atom. The SMILES string of the molecule is Cc1ccc(-c2ccccc2C(=O)CS)cc1. The fraction of sp³-hybridized carbons (Fsp3) is 0.133. The summed E-state index contributed by atoms with van der Waals surface area (Å²) < 4.78 is 0. The lowest BCUT2D eigenvalue weighted by molar-refractivity contribution is 0.102. The Balaban J connectivity index is 2.51. The second kappa shape index (κ2) is 5.19. The summed E-state index contributed by atoms with van der Waals surface area (Å²) in [5.74, 6) is 0.299. The molecule has 0 aliphatic rings. The third-order valence-corrected chi connectivity index (χ3v) is 3.02. The summed E-state index contributed by atoms with van der Waals surface area (Å²) in [5.41, 5.74) is 4.01. The van der Waals surface area contributed by atoms with Gasteiger partial charge in [0.15, 0.2) is 5.78 Å². The monoisotopic (exact) mass is 242 g/mol. The van der Waals surface area contributed by atoms with Crippen molar-refractivity contribution in [1.29, 1.82) is 0 Å². The lowest BCUT2D eigenvalue weighted by Crippen LogP contribution is -2.02. The van der Waals surface area contributed by atoms with Crippen molar-refractivity contribution in [2.24, 2.45) is 0 Å². The zero-order valence-electron chi connectivity index (χ0n) is 9.68. The summed E-state index contributed by atoms with van der Waals surface area (Å²) in [5, 5.41) is 0. The van der Waals surface area contributed by atoms with Crippen LogP contribution in [0.4, 0.5) is 0 Å². The Bertz CT molecular complexity index is 529. The molecule has 86 valence electrons. The first-order valence-electron chi connectivity index (χ1n) is 5.52. The summed E-state index contributed by atoms with van der Waals surface area (Å²) in [4.78, 5) is 11.8. The van der Waals surface area contributed by atoms with Crippen molar-refractivity contribution >= 4 is 18.4 Å². The molecule has 2 aromatic rings. The Morgan fingerprint density at radius 3 is 2.35 bits per heavy atom. The van der Waals surface area contributed by atoms with Gasteiger partial charge in [-0.15, -0.1) is 0 Å². The van der Waals surface area contributed by atoms with Gasteiger partial charge < -0.3 is 0 Å². The van der Waals surface area contributed by atoms with Gasteiger partial charge in [0.25, 0.3) is 0 Å². The van der Waals surface area contributed by atoms with Crippen LogP contribution >= 0.6 is 12.6 Å². The van der Waals surface area contributed by atoms with E-state index < -0.39 is 0 Å². The highest BCUT2D eigenvalue weighted by Gasteiger charge is 2.10. The van der Waals surface area contributed by atoms with Gasteiger partial charge in [-0.3, -0.25) is 4.79 Å². The first kappa shape index (κ1) is 11.9. The molecule has 0 unspecified atom stereocenters. The number of hydrogen-bond acceptors (Lipinski definition) is 2. The van der Waals surface area contributed by atoms with Gasteiger partial charge in [-0.05, 0) is 18.1 Å². The third-order valence-electron chi connectivity index (χ3n) is 2.73. The van der Waals surface area contributed by atoms with E-state index in [9.17, 15) is 4.79 Å². The Morgan fingerprint density at radius 1 is 1.06 bits per heavy atom. The van der Waals surface area contributed by atoms with Gasteiger partial charge >= 0.3 is 0 Å². The summed E-state index contributed by atoms with van der Waals surface area (Å²) in [6, 6.07) is 15.8. The molecule has 0 radical (unpaired) electrons. The van der Waals surface area contributed by atoms with Crippen LogP contribution in [0.5, 0.6) is 0 Å². The minimum absolute atomic E-state index is 0.0597. The van der Waals surface area contributed by atoms with Crippen LogP contribution in [0.3, 0.4) is 0 Å². The third kappa shape index (κ3) is 2.59. The van der Waals surface area contributed by atoms with Crippen molar-refractivity contribution in [3.05, 3.63) is 59.7 Å². The van der Waals surface area contributed by atoms with Crippen LogP contribution in [0, 0.1) is 6.92 Å². The molecule has 0 amide bonds. The molecule has 0 fully saturated rings. The quantitative estimate of drug-likeness (QED) is 0.640. The predicted octanol–water partition coefficient (Wildman–Crippen LogP) is 3.77. The van der Waals surface area contributed by atoms with Crippen LogP contribution in [-0.4, -0.2) is 11.5 Å². The van der Waals surface area contributed by atoms with Gasteiger partial charge in [-0.2, -0.15) is 12.6 Å². The lowest BCUT2D eigenvalue weighted by atomic mass is 9.97. The van der Waals surface area contributed by atoms with Crippen molar-refractivity contribution < 1.29 is 4.79 Å². The maximum Gasteiger partial charge on any atom is 0.173 e. The predicted molar refractivity (Wildman–Crippen MR) is 74.8 cm³/mol. The average molecular weight is 242 g/mol. The summed E-state index contributed by atoms with van der Waals surface area (Å²) in [6.45, 7) is 2.05. The second-order valence-corrected chi connectivity index (χ2v) is 4.31. The van der Waals surface area contributed by atoms with Crippen LogP contribution in [0.2, 0.25) is 0 Å². The van der Waals surface area contributed by atoms with Crippen LogP contribution in [0.1, 0.15) is 15.9 Å². The van der Waals surface area contributed by atoms with E-state index in [1.54, 1.807) is 0 Å². The number of aryl methyl sites for hydroxylation is 1. The summed E-state index contributed by atoms with van der Waals surface area (Å²) >= 11 is 4.05. The van der Waals surface area contributed by atoms with E-state index in [0.29, 0.717) is 0 Å². The molecule has 2 rings (SSSR count). The van der Waals surface area contributed by atoms with E-state index in [-0.39, 0.29) is 11.5 Å².